The lowest BCUT2D eigenvalue weighted by Crippen LogP contribution is -2.22. The number of nitrogens with two attached hydrogens (primary N) is 1. The molecule has 0 bridgehead atoms. The molecular formula is C19H26N6O4S. The van der Waals surface area contributed by atoms with Crippen molar-refractivity contribution in [2.45, 2.75) is 51.3 Å². The van der Waals surface area contributed by atoms with Gasteiger partial charge in [-0.1, -0.05) is 5.92 Å². The van der Waals surface area contributed by atoms with Crippen molar-refractivity contribution in [2.75, 3.05) is 11.9 Å². The Morgan fingerprint density at radius 2 is 2.27 bits per heavy atom. The summed E-state index contributed by atoms with van der Waals surface area (Å²) in [6, 6.07) is 1.71. The fraction of sp³-hybridized carbons (Fsp3) is 0.526. The van der Waals surface area contributed by atoms with Gasteiger partial charge in [0.15, 0.2) is 0 Å². The molecule has 2 heterocycles. The highest BCUT2D eigenvalue weighted by atomic mass is 32.2. The average Bonchev–Trinajstić information content (AvgIpc) is 3.36. The van der Waals surface area contributed by atoms with Gasteiger partial charge in [-0.15, -0.1) is 5.92 Å². The van der Waals surface area contributed by atoms with Crippen molar-refractivity contribution >= 4 is 16.1 Å². The molecule has 3 rings (SSSR count). The Hall–Kier alpha value is -2.52. The van der Waals surface area contributed by atoms with Crippen LogP contribution < -0.4 is 10.5 Å². The Labute approximate surface area is 176 Å². The van der Waals surface area contributed by atoms with Crippen LogP contribution in [0.15, 0.2) is 24.8 Å². The smallest absolute Gasteiger partial charge is 0.333 e. The molecule has 0 aliphatic heterocycles. The summed E-state index contributed by atoms with van der Waals surface area (Å²) in [7, 11) is -3.94. The molecule has 2 unspecified atom stereocenters. The summed E-state index contributed by atoms with van der Waals surface area (Å²) in [4.78, 5) is 8.32. The van der Waals surface area contributed by atoms with Gasteiger partial charge in [0, 0.05) is 24.0 Å². The highest BCUT2D eigenvalue weighted by Gasteiger charge is 2.28. The number of rotatable bonds is 8. The second-order valence-electron chi connectivity index (χ2n) is 7.32. The topological polar surface area (TPSA) is 145 Å². The minimum Gasteiger partial charge on any atom is -0.382 e. The fourth-order valence-corrected chi connectivity index (χ4v) is 3.93. The van der Waals surface area contributed by atoms with E-state index in [1.807, 2.05) is 6.92 Å². The van der Waals surface area contributed by atoms with Crippen molar-refractivity contribution in [3.63, 3.8) is 0 Å². The maximum absolute atomic E-state index is 11.0. The molecule has 4 atom stereocenters. The minimum absolute atomic E-state index is 0.0620. The van der Waals surface area contributed by atoms with E-state index in [1.54, 1.807) is 30.1 Å². The van der Waals surface area contributed by atoms with Crippen molar-refractivity contribution in [1.82, 2.24) is 19.7 Å². The standard InChI is InChI=1S/C19H26N6O4S/c1-3-4-13(2)25-8-7-17(24-25)18(26)16-10-21-12-22-19(16)23-15-6-5-14(9-15)11-29-30(20,27)28/h7-8,10,12-15,18,26H,5-6,9,11H2,1-2H3,(H2,20,27,28)(H,21,22,23)/t13?,14-,15+,18?/m1/s1. The quantitative estimate of drug-likeness (QED) is 0.524. The highest BCUT2D eigenvalue weighted by molar-refractivity contribution is 7.84. The summed E-state index contributed by atoms with van der Waals surface area (Å²) in [6.45, 7) is 3.75. The summed E-state index contributed by atoms with van der Waals surface area (Å²) in [6.07, 6.45) is 6.07. The third-order valence-electron chi connectivity index (χ3n) is 5.04. The SMILES string of the molecule is CC#CC(C)n1ccc(C(O)c2cncnc2N[C@H]2CC[C@@H](COS(N)(=O)=O)C2)n1. The molecule has 162 valence electrons. The molecule has 0 aromatic carbocycles. The van der Waals surface area contributed by atoms with E-state index < -0.39 is 16.4 Å². The maximum atomic E-state index is 11.0. The number of aliphatic hydroxyl groups is 1. The predicted octanol–water partition coefficient (Wildman–Crippen LogP) is 1.14. The van der Waals surface area contributed by atoms with E-state index in [0.717, 1.165) is 12.8 Å². The molecule has 10 nitrogen and oxygen atoms in total. The van der Waals surface area contributed by atoms with Gasteiger partial charge in [0.2, 0.25) is 0 Å². The van der Waals surface area contributed by atoms with E-state index in [1.165, 1.54) is 6.33 Å². The first kappa shape index (κ1) is 22.2. The molecule has 1 aliphatic rings. The third-order valence-corrected chi connectivity index (χ3v) is 5.51. The van der Waals surface area contributed by atoms with Gasteiger partial charge in [0.1, 0.15) is 24.3 Å². The van der Waals surface area contributed by atoms with Crippen LogP contribution in [-0.4, -0.2) is 45.9 Å². The van der Waals surface area contributed by atoms with E-state index >= 15 is 0 Å². The molecule has 0 radical (unpaired) electrons. The van der Waals surface area contributed by atoms with Crippen LogP contribution >= 0.6 is 0 Å². The highest BCUT2D eigenvalue weighted by Crippen LogP contribution is 2.31. The second kappa shape index (κ2) is 9.53. The van der Waals surface area contributed by atoms with Gasteiger partial charge in [-0.25, -0.2) is 15.1 Å². The summed E-state index contributed by atoms with van der Waals surface area (Å²) >= 11 is 0. The molecule has 2 aromatic heterocycles. The van der Waals surface area contributed by atoms with Crippen LogP contribution in [0.5, 0.6) is 0 Å². The van der Waals surface area contributed by atoms with Gasteiger partial charge < -0.3 is 10.4 Å². The van der Waals surface area contributed by atoms with Gasteiger partial charge in [-0.2, -0.15) is 13.5 Å². The van der Waals surface area contributed by atoms with Gasteiger partial charge in [0.25, 0.3) is 0 Å². The summed E-state index contributed by atoms with van der Waals surface area (Å²) in [5.74, 6) is 6.46. The lowest BCUT2D eigenvalue weighted by atomic mass is 10.1. The van der Waals surface area contributed by atoms with Gasteiger partial charge >= 0.3 is 10.3 Å². The zero-order valence-electron chi connectivity index (χ0n) is 16.9. The molecule has 2 aromatic rings. The van der Waals surface area contributed by atoms with Crippen LogP contribution in [0.2, 0.25) is 0 Å². The molecule has 0 amide bonds. The molecule has 1 aliphatic carbocycles. The normalized spacial score (nSPS) is 20.9. The summed E-state index contributed by atoms with van der Waals surface area (Å²) < 4.78 is 28.4. The molecule has 0 saturated heterocycles. The van der Waals surface area contributed by atoms with E-state index in [-0.39, 0.29) is 24.6 Å². The van der Waals surface area contributed by atoms with Crippen molar-refractivity contribution < 1.29 is 17.7 Å². The third kappa shape index (κ3) is 5.76. The number of hydrogen-bond acceptors (Lipinski definition) is 8. The number of aliphatic hydroxyl groups excluding tert-OH is 1. The van der Waals surface area contributed by atoms with Crippen LogP contribution in [0.3, 0.4) is 0 Å². The number of nitrogens with zero attached hydrogens (tertiary/aromatic N) is 4. The first-order valence-corrected chi connectivity index (χ1v) is 11.1. The van der Waals surface area contributed by atoms with Crippen LogP contribution in [0.25, 0.3) is 0 Å². The molecule has 1 fully saturated rings. The molecule has 30 heavy (non-hydrogen) atoms. The Balaban J connectivity index is 1.68. The van der Waals surface area contributed by atoms with Crippen LogP contribution in [0, 0.1) is 17.8 Å². The summed E-state index contributed by atoms with van der Waals surface area (Å²) in [5, 5.41) is 23.5. The molecule has 11 heteroatoms. The van der Waals surface area contributed by atoms with Crippen LogP contribution in [-0.2, 0) is 14.5 Å². The number of nitrogens with one attached hydrogen (secondary N) is 1. The molecule has 0 spiro atoms. The molecule has 1 saturated carbocycles. The second-order valence-corrected chi connectivity index (χ2v) is 8.54. The number of aromatic nitrogens is 4. The van der Waals surface area contributed by atoms with E-state index in [0.29, 0.717) is 23.5 Å². The Kier molecular flexibility index (Phi) is 7.04. The van der Waals surface area contributed by atoms with Gasteiger partial charge in [-0.3, -0.25) is 8.86 Å². The zero-order valence-corrected chi connectivity index (χ0v) is 17.7. The Bertz CT molecular complexity index is 1030. The molecule has 4 N–H and O–H groups in total. The van der Waals surface area contributed by atoms with E-state index in [4.69, 9.17) is 9.32 Å². The predicted molar refractivity (Wildman–Crippen MR) is 110 cm³/mol. The Morgan fingerprint density at radius 3 is 3.00 bits per heavy atom. The zero-order chi connectivity index (χ0) is 21.7. The minimum atomic E-state index is -3.94. The first-order valence-electron chi connectivity index (χ1n) is 9.65. The van der Waals surface area contributed by atoms with Crippen LogP contribution in [0.4, 0.5) is 5.82 Å². The maximum Gasteiger partial charge on any atom is 0.333 e. The lowest BCUT2D eigenvalue weighted by Gasteiger charge is -2.18. The van der Waals surface area contributed by atoms with Crippen molar-refractivity contribution in [3.05, 3.63) is 36.0 Å². The van der Waals surface area contributed by atoms with Crippen molar-refractivity contribution in [3.8, 4) is 11.8 Å². The molecular weight excluding hydrogens is 408 g/mol. The van der Waals surface area contributed by atoms with E-state index in [2.05, 4.69) is 32.2 Å². The lowest BCUT2D eigenvalue weighted by molar-refractivity contribution is 0.213. The van der Waals surface area contributed by atoms with Gasteiger partial charge in [0.05, 0.1) is 12.3 Å². The van der Waals surface area contributed by atoms with E-state index in [9.17, 15) is 13.5 Å². The largest absolute Gasteiger partial charge is 0.382 e. The van der Waals surface area contributed by atoms with Crippen molar-refractivity contribution in [2.24, 2.45) is 11.1 Å². The van der Waals surface area contributed by atoms with Crippen LogP contribution in [0.1, 0.15) is 56.5 Å². The summed E-state index contributed by atoms with van der Waals surface area (Å²) in [5.41, 5.74) is 0.990. The fourth-order valence-electron chi connectivity index (χ4n) is 3.55. The number of hydrogen-bond donors (Lipinski definition) is 3. The monoisotopic (exact) mass is 434 g/mol. The average molecular weight is 435 g/mol. The Morgan fingerprint density at radius 1 is 1.47 bits per heavy atom. The van der Waals surface area contributed by atoms with Crippen molar-refractivity contribution in [1.29, 1.82) is 0 Å². The first-order chi connectivity index (χ1) is 14.3. The number of anilines is 1. The van der Waals surface area contributed by atoms with Gasteiger partial charge in [-0.05, 0) is 45.1 Å².